The molecule has 0 aliphatic rings. The van der Waals surface area contributed by atoms with Crippen LogP contribution < -0.4 is 10.6 Å². The fourth-order valence-electron chi connectivity index (χ4n) is 4.53. The summed E-state index contributed by atoms with van der Waals surface area (Å²) in [7, 11) is 0. The van der Waals surface area contributed by atoms with Crippen LogP contribution in [0.4, 0.5) is 10.5 Å². The predicted octanol–water partition coefficient (Wildman–Crippen LogP) is 6.29. The van der Waals surface area contributed by atoms with E-state index in [-0.39, 0.29) is 12.5 Å². The van der Waals surface area contributed by atoms with E-state index in [0.717, 1.165) is 10.8 Å². The number of hydrogen-bond acceptors (Lipinski definition) is 4. The minimum Gasteiger partial charge on any atom is -0.444 e. The maximum Gasteiger partial charge on any atom is 0.408 e. The number of anilines is 1. The van der Waals surface area contributed by atoms with Gasteiger partial charge in [-0.25, -0.2) is 4.79 Å². The summed E-state index contributed by atoms with van der Waals surface area (Å²) in [4.78, 5) is 42.4. The fourth-order valence-corrected chi connectivity index (χ4v) is 4.53. The number of nitrogens with zero attached hydrogens (tertiary/aromatic N) is 1. The van der Waals surface area contributed by atoms with Crippen LogP contribution in [0.3, 0.4) is 0 Å². The van der Waals surface area contributed by atoms with Crippen molar-refractivity contribution in [2.75, 3.05) is 11.9 Å². The van der Waals surface area contributed by atoms with Crippen molar-refractivity contribution < 1.29 is 19.1 Å². The van der Waals surface area contributed by atoms with Crippen molar-refractivity contribution in [2.24, 2.45) is 5.92 Å². The number of carbonyl (C=O) groups is 3. The van der Waals surface area contributed by atoms with Gasteiger partial charge in [0.1, 0.15) is 17.7 Å². The topological polar surface area (TPSA) is 87.7 Å². The van der Waals surface area contributed by atoms with E-state index < -0.39 is 35.6 Å². The molecule has 0 spiro atoms. The number of terminal acetylenes is 1. The third-order valence-corrected chi connectivity index (χ3v) is 6.34. The van der Waals surface area contributed by atoms with Crippen molar-refractivity contribution >= 4 is 34.4 Å². The molecule has 0 saturated carbocycles. The Morgan fingerprint density at radius 2 is 1.62 bits per heavy atom. The third-order valence-electron chi connectivity index (χ3n) is 6.34. The van der Waals surface area contributed by atoms with Crippen LogP contribution >= 0.6 is 0 Å². The first kappa shape index (κ1) is 30.2. The van der Waals surface area contributed by atoms with Gasteiger partial charge in [-0.05, 0) is 67.6 Å². The van der Waals surface area contributed by atoms with E-state index in [1.54, 1.807) is 45.0 Å². The van der Waals surface area contributed by atoms with Crippen LogP contribution in [0.2, 0.25) is 0 Å². The quantitative estimate of drug-likeness (QED) is 0.312. The summed E-state index contributed by atoms with van der Waals surface area (Å²) < 4.78 is 5.42. The minimum atomic E-state index is -1.03. The molecule has 3 amide bonds. The normalized spacial score (nSPS) is 12.8. The van der Waals surface area contributed by atoms with Gasteiger partial charge in [-0.1, -0.05) is 75.2 Å². The highest BCUT2D eigenvalue weighted by atomic mass is 16.6. The zero-order chi connectivity index (χ0) is 29.4. The van der Waals surface area contributed by atoms with Crippen LogP contribution in [0.25, 0.3) is 10.8 Å². The molecule has 2 N–H and O–H groups in total. The predicted molar refractivity (Wildman–Crippen MR) is 160 cm³/mol. The van der Waals surface area contributed by atoms with Crippen molar-refractivity contribution in [3.05, 3.63) is 77.9 Å². The second kappa shape index (κ2) is 13.2. The fraction of sp³-hybridized carbons (Fsp3) is 0.364. The van der Waals surface area contributed by atoms with E-state index in [0.29, 0.717) is 23.2 Å². The molecule has 0 radical (unpaired) electrons. The van der Waals surface area contributed by atoms with Gasteiger partial charge < -0.3 is 20.3 Å². The van der Waals surface area contributed by atoms with Gasteiger partial charge in [0.05, 0.1) is 0 Å². The highest BCUT2D eigenvalue weighted by Gasteiger charge is 2.38. The largest absolute Gasteiger partial charge is 0.444 e. The summed E-state index contributed by atoms with van der Waals surface area (Å²) in [5, 5.41) is 7.76. The van der Waals surface area contributed by atoms with Crippen molar-refractivity contribution in [3.8, 4) is 12.3 Å². The number of ether oxygens (including phenoxy) is 1. The average Bonchev–Trinajstić information content (AvgIpc) is 2.90. The van der Waals surface area contributed by atoms with Gasteiger partial charge in [0.25, 0.3) is 5.91 Å². The summed E-state index contributed by atoms with van der Waals surface area (Å²) in [5.41, 5.74) is 0.912. The number of carbonyl (C=O) groups excluding carboxylic acids is 3. The Balaban J connectivity index is 2.04. The number of benzene rings is 3. The molecule has 3 rings (SSSR count). The molecular weight excluding hydrogens is 502 g/mol. The maximum absolute atomic E-state index is 14.1. The Morgan fingerprint density at radius 1 is 0.975 bits per heavy atom. The van der Waals surface area contributed by atoms with Crippen LogP contribution in [-0.2, 0) is 14.3 Å². The zero-order valence-electron chi connectivity index (χ0n) is 24.2. The van der Waals surface area contributed by atoms with Crippen molar-refractivity contribution in [2.45, 2.75) is 65.6 Å². The Kier molecular flexibility index (Phi) is 9.95. The Morgan fingerprint density at radius 3 is 2.25 bits per heavy atom. The van der Waals surface area contributed by atoms with Crippen LogP contribution in [0.15, 0.2) is 66.7 Å². The standard InChI is InChI=1S/C33H39N3O4/c1-8-20-36(31(38)28(22(3)4)35-32(39)40-33(5,6)7)29(27-17-13-12-14-23(27)9-2)30(37)34-26-19-18-24-15-10-11-16-25(24)21-26/h2,10-19,21-22,28-29H,8,20H2,1,3-7H3,(H,34,37)(H,35,39). The van der Waals surface area contributed by atoms with Gasteiger partial charge >= 0.3 is 6.09 Å². The van der Waals surface area contributed by atoms with E-state index in [2.05, 4.69) is 16.6 Å². The highest BCUT2D eigenvalue weighted by Crippen LogP contribution is 2.29. The smallest absolute Gasteiger partial charge is 0.408 e. The summed E-state index contributed by atoms with van der Waals surface area (Å²) in [6.07, 6.45) is 5.71. The number of fused-ring (bicyclic) bond motifs is 1. The molecule has 0 bridgehead atoms. The van der Waals surface area contributed by atoms with Gasteiger partial charge in [0, 0.05) is 17.8 Å². The maximum atomic E-state index is 14.1. The Bertz CT molecular complexity index is 1400. The number of amides is 3. The van der Waals surface area contributed by atoms with Gasteiger partial charge in [0.15, 0.2) is 0 Å². The lowest BCUT2D eigenvalue weighted by molar-refractivity contribution is -0.141. The number of nitrogens with one attached hydrogen (secondary N) is 2. The lowest BCUT2D eigenvalue weighted by Crippen LogP contribution is -2.54. The third kappa shape index (κ3) is 7.63. The van der Waals surface area contributed by atoms with E-state index in [9.17, 15) is 14.4 Å². The molecule has 0 saturated heterocycles. The molecule has 40 heavy (non-hydrogen) atoms. The highest BCUT2D eigenvalue weighted by molar-refractivity contribution is 6.00. The molecule has 2 atom stereocenters. The average molecular weight is 542 g/mol. The first-order valence-corrected chi connectivity index (χ1v) is 13.6. The number of rotatable bonds is 9. The van der Waals surface area contributed by atoms with Gasteiger partial charge in [-0.2, -0.15) is 0 Å². The van der Waals surface area contributed by atoms with Crippen molar-refractivity contribution in [3.63, 3.8) is 0 Å². The molecule has 0 fully saturated rings. The monoisotopic (exact) mass is 541 g/mol. The van der Waals surface area contributed by atoms with Gasteiger partial charge in [-0.15, -0.1) is 6.42 Å². The first-order chi connectivity index (χ1) is 18.9. The van der Waals surface area contributed by atoms with Crippen molar-refractivity contribution in [1.29, 1.82) is 0 Å². The number of alkyl carbamates (subject to hydrolysis) is 1. The molecular formula is C33H39N3O4. The molecule has 0 heterocycles. The molecule has 3 aromatic carbocycles. The first-order valence-electron chi connectivity index (χ1n) is 13.6. The summed E-state index contributed by atoms with van der Waals surface area (Å²) in [5.74, 6) is 1.59. The van der Waals surface area contributed by atoms with Crippen LogP contribution in [-0.4, -0.2) is 41.0 Å². The lowest BCUT2D eigenvalue weighted by Gasteiger charge is -2.35. The molecule has 0 aliphatic heterocycles. The molecule has 3 aromatic rings. The molecule has 7 heteroatoms. The molecule has 2 unspecified atom stereocenters. The second-order valence-electron chi connectivity index (χ2n) is 11.1. The van der Waals surface area contributed by atoms with E-state index in [4.69, 9.17) is 11.2 Å². The van der Waals surface area contributed by atoms with Crippen molar-refractivity contribution in [1.82, 2.24) is 10.2 Å². The molecule has 210 valence electrons. The summed E-state index contributed by atoms with van der Waals surface area (Å²) in [6.45, 7) is 11.1. The lowest BCUT2D eigenvalue weighted by atomic mass is 9.95. The summed E-state index contributed by atoms with van der Waals surface area (Å²) in [6, 6.07) is 18.7. The van der Waals surface area contributed by atoms with Crippen LogP contribution in [0.1, 0.15) is 65.1 Å². The zero-order valence-corrected chi connectivity index (χ0v) is 24.2. The molecule has 7 nitrogen and oxygen atoms in total. The Labute approximate surface area is 237 Å². The molecule has 0 aromatic heterocycles. The summed E-state index contributed by atoms with van der Waals surface area (Å²) >= 11 is 0. The molecule has 0 aliphatic carbocycles. The van der Waals surface area contributed by atoms with Gasteiger partial charge in [0.2, 0.25) is 5.91 Å². The van der Waals surface area contributed by atoms with E-state index in [1.165, 1.54) is 4.90 Å². The number of hydrogen-bond donors (Lipinski definition) is 2. The SMILES string of the molecule is C#Cc1ccccc1C(C(=O)Nc1ccc2ccccc2c1)N(CCC)C(=O)C(NC(=O)OC(C)(C)C)C(C)C. The van der Waals surface area contributed by atoms with Crippen LogP contribution in [0, 0.1) is 18.3 Å². The van der Waals surface area contributed by atoms with E-state index >= 15 is 0 Å². The van der Waals surface area contributed by atoms with E-state index in [1.807, 2.05) is 63.2 Å². The Hall–Kier alpha value is -4.31. The second-order valence-corrected chi connectivity index (χ2v) is 11.1. The van der Waals surface area contributed by atoms with Gasteiger partial charge in [-0.3, -0.25) is 9.59 Å². The minimum absolute atomic E-state index is 0.271. The van der Waals surface area contributed by atoms with Crippen LogP contribution in [0.5, 0.6) is 0 Å².